The maximum atomic E-state index is 6.22. The van der Waals surface area contributed by atoms with E-state index in [4.69, 9.17) is 10.7 Å². The second-order valence-corrected chi connectivity index (χ2v) is 10.2. The van der Waals surface area contributed by atoms with E-state index >= 15 is 0 Å². The van der Waals surface area contributed by atoms with Crippen LogP contribution in [0.25, 0.3) is 10.2 Å². The summed E-state index contributed by atoms with van der Waals surface area (Å²) in [6.07, 6.45) is 3.24. The van der Waals surface area contributed by atoms with Gasteiger partial charge in [0, 0.05) is 22.2 Å². The molecule has 9 heteroatoms. The number of nitrogens with zero attached hydrogens (tertiary/aromatic N) is 5. The van der Waals surface area contributed by atoms with Gasteiger partial charge in [0.25, 0.3) is 0 Å². The third-order valence-electron chi connectivity index (χ3n) is 4.99. The van der Waals surface area contributed by atoms with Crippen LogP contribution in [0.2, 0.25) is 0 Å². The zero-order valence-corrected chi connectivity index (χ0v) is 18.1. The third-order valence-corrected chi connectivity index (χ3v) is 7.91. The molecule has 0 aliphatic heterocycles. The Hall–Kier alpha value is -1.97. The van der Waals surface area contributed by atoms with Crippen molar-refractivity contribution in [1.82, 2.24) is 24.7 Å². The molecule has 1 saturated carbocycles. The second-order valence-electron chi connectivity index (χ2n) is 7.03. The minimum Gasteiger partial charge on any atom is -0.383 e. The van der Waals surface area contributed by atoms with Gasteiger partial charge >= 0.3 is 0 Å². The predicted molar refractivity (Wildman–Crippen MR) is 116 cm³/mol. The molecular formula is C19H20N6S3. The minimum absolute atomic E-state index is 0.531. The van der Waals surface area contributed by atoms with E-state index in [2.05, 4.69) is 51.1 Å². The molecule has 0 aromatic carbocycles. The fraction of sp³-hybridized carbons (Fsp3) is 0.368. The lowest BCUT2D eigenvalue weighted by atomic mass is 10.2. The van der Waals surface area contributed by atoms with Crippen molar-refractivity contribution in [3.8, 4) is 0 Å². The second kappa shape index (κ2) is 7.13. The van der Waals surface area contributed by atoms with Crippen molar-refractivity contribution < 1.29 is 0 Å². The van der Waals surface area contributed by atoms with Crippen LogP contribution in [0.15, 0.2) is 22.7 Å². The number of nitrogen functional groups attached to an aromatic ring is 1. The van der Waals surface area contributed by atoms with E-state index in [-0.39, 0.29) is 0 Å². The maximum Gasteiger partial charge on any atom is 0.191 e. The maximum absolute atomic E-state index is 6.22. The largest absolute Gasteiger partial charge is 0.383 e. The number of nitrogens with two attached hydrogens (primary N) is 1. The molecule has 0 saturated heterocycles. The highest BCUT2D eigenvalue weighted by Crippen LogP contribution is 2.40. The standard InChI is InChI=1S/C19H20N6S3/c1-10-11(2)28-18-16(10)17(20)21-14(22-18)9-27-19-24-23-15(25(19)12-5-6-12)8-13-4-3-7-26-13/h3-4,7,12H,5-6,8-9H2,1-2H3,(H2,20,21,22). The Labute approximate surface area is 175 Å². The van der Waals surface area contributed by atoms with Crippen molar-refractivity contribution in [3.63, 3.8) is 0 Å². The van der Waals surface area contributed by atoms with Crippen molar-refractivity contribution in [3.05, 3.63) is 44.5 Å². The molecule has 0 bridgehead atoms. The molecule has 1 aliphatic carbocycles. The van der Waals surface area contributed by atoms with Crippen molar-refractivity contribution in [2.45, 2.75) is 50.1 Å². The summed E-state index contributed by atoms with van der Waals surface area (Å²) in [6.45, 7) is 4.18. The summed E-state index contributed by atoms with van der Waals surface area (Å²) < 4.78 is 2.31. The molecule has 5 rings (SSSR count). The van der Waals surface area contributed by atoms with E-state index in [0.29, 0.717) is 17.6 Å². The topological polar surface area (TPSA) is 82.5 Å². The van der Waals surface area contributed by atoms with Crippen molar-refractivity contribution >= 4 is 50.5 Å². The average molecular weight is 429 g/mol. The number of thiophene rings is 2. The van der Waals surface area contributed by atoms with Gasteiger partial charge in [-0.25, -0.2) is 9.97 Å². The van der Waals surface area contributed by atoms with Gasteiger partial charge in [0.2, 0.25) is 0 Å². The quantitative estimate of drug-likeness (QED) is 0.446. The van der Waals surface area contributed by atoms with Crippen LogP contribution in [0.1, 0.15) is 45.9 Å². The molecule has 4 aromatic rings. The number of fused-ring (bicyclic) bond motifs is 1. The highest BCUT2D eigenvalue weighted by molar-refractivity contribution is 7.98. The Balaban J connectivity index is 1.39. The molecule has 2 N–H and O–H groups in total. The van der Waals surface area contributed by atoms with Crippen molar-refractivity contribution in [2.75, 3.05) is 5.73 Å². The number of hydrogen-bond acceptors (Lipinski definition) is 8. The molecule has 0 spiro atoms. The van der Waals surface area contributed by atoms with E-state index in [1.165, 1.54) is 28.2 Å². The molecule has 0 amide bonds. The van der Waals surface area contributed by atoms with Gasteiger partial charge in [0.05, 0.1) is 11.1 Å². The Bertz CT molecular complexity index is 1140. The van der Waals surface area contributed by atoms with Gasteiger partial charge in [-0.1, -0.05) is 17.8 Å². The SMILES string of the molecule is Cc1sc2nc(CSc3nnc(Cc4cccs4)n3C3CC3)nc(N)c2c1C. The van der Waals surface area contributed by atoms with Gasteiger partial charge in [-0.2, -0.15) is 0 Å². The average Bonchev–Trinajstić information content (AvgIpc) is 3.08. The van der Waals surface area contributed by atoms with Crippen LogP contribution < -0.4 is 5.73 Å². The summed E-state index contributed by atoms with van der Waals surface area (Å²) in [4.78, 5) is 12.8. The van der Waals surface area contributed by atoms with E-state index < -0.39 is 0 Å². The minimum atomic E-state index is 0.531. The molecule has 1 fully saturated rings. The lowest BCUT2D eigenvalue weighted by Crippen LogP contribution is -2.04. The van der Waals surface area contributed by atoms with Gasteiger partial charge in [-0.15, -0.1) is 32.9 Å². The summed E-state index contributed by atoms with van der Waals surface area (Å²) in [5.41, 5.74) is 7.41. The summed E-state index contributed by atoms with van der Waals surface area (Å²) in [6, 6.07) is 4.77. The van der Waals surface area contributed by atoms with Crippen LogP contribution in [0.5, 0.6) is 0 Å². The summed E-state index contributed by atoms with van der Waals surface area (Å²) in [5.74, 6) is 3.01. The Morgan fingerprint density at radius 1 is 1.25 bits per heavy atom. The molecule has 4 aromatic heterocycles. The number of hydrogen-bond donors (Lipinski definition) is 1. The number of aromatic nitrogens is 5. The first kappa shape index (κ1) is 18.1. The van der Waals surface area contributed by atoms with Gasteiger partial charge in [0.1, 0.15) is 22.3 Å². The van der Waals surface area contributed by atoms with Crippen LogP contribution in [0.4, 0.5) is 5.82 Å². The van der Waals surface area contributed by atoms with Crippen LogP contribution in [-0.4, -0.2) is 24.7 Å². The number of aryl methyl sites for hydroxylation is 2. The first-order valence-corrected chi connectivity index (χ1v) is 11.9. The highest BCUT2D eigenvalue weighted by atomic mass is 32.2. The van der Waals surface area contributed by atoms with Crippen molar-refractivity contribution in [1.29, 1.82) is 0 Å². The van der Waals surface area contributed by atoms with Crippen LogP contribution in [-0.2, 0) is 12.2 Å². The van der Waals surface area contributed by atoms with Crippen LogP contribution in [0, 0.1) is 13.8 Å². The summed E-state index contributed by atoms with van der Waals surface area (Å²) in [5, 5.41) is 13.0. The van der Waals surface area contributed by atoms with Crippen LogP contribution in [0.3, 0.4) is 0 Å². The zero-order chi connectivity index (χ0) is 19.3. The number of thioether (sulfide) groups is 1. The van der Waals surface area contributed by atoms with E-state index in [1.54, 1.807) is 34.4 Å². The molecule has 6 nitrogen and oxygen atoms in total. The lowest BCUT2D eigenvalue weighted by Gasteiger charge is -2.08. The molecule has 28 heavy (non-hydrogen) atoms. The highest BCUT2D eigenvalue weighted by Gasteiger charge is 2.29. The van der Waals surface area contributed by atoms with E-state index in [9.17, 15) is 0 Å². The van der Waals surface area contributed by atoms with Gasteiger partial charge in [0.15, 0.2) is 5.16 Å². The number of rotatable bonds is 6. The smallest absolute Gasteiger partial charge is 0.191 e. The molecule has 0 radical (unpaired) electrons. The van der Waals surface area contributed by atoms with Crippen molar-refractivity contribution in [2.24, 2.45) is 0 Å². The molecule has 4 heterocycles. The fourth-order valence-electron chi connectivity index (χ4n) is 3.32. The fourth-order valence-corrected chi connectivity index (χ4v) is 5.95. The van der Waals surface area contributed by atoms with Crippen LogP contribution >= 0.6 is 34.4 Å². The monoisotopic (exact) mass is 428 g/mol. The molecule has 144 valence electrons. The van der Waals surface area contributed by atoms with Gasteiger partial charge < -0.3 is 10.3 Å². The molecule has 0 unspecified atom stereocenters. The zero-order valence-electron chi connectivity index (χ0n) is 15.7. The Morgan fingerprint density at radius 2 is 2.11 bits per heavy atom. The first-order valence-electron chi connectivity index (χ1n) is 9.21. The van der Waals surface area contributed by atoms with Gasteiger partial charge in [-0.3, -0.25) is 0 Å². The normalized spacial score (nSPS) is 14.2. The first-order chi connectivity index (χ1) is 13.6. The Kier molecular flexibility index (Phi) is 4.60. The number of anilines is 1. The summed E-state index contributed by atoms with van der Waals surface area (Å²) >= 11 is 5.09. The Morgan fingerprint density at radius 3 is 2.86 bits per heavy atom. The lowest BCUT2D eigenvalue weighted by molar-refractivity contribution is 0.635. The third kappa shape index (κ3) is 3.31. The molecule has 1 aliphatic rings. The van der Waals surface area contributed by atoms with E-state index in [0.717, 1.165) is 33.4 Å². The molecular weight excluding hydrogens is 408 g/mol. The predicted octanol–water partition coefficient (Wildman–Crippen LogP) is 4.76. The van der Waals surface area contributed by atoms with Gasteiger partial charge in [-0.05, 0) is 43.7 Å². The summed E-state index contributed by atoms with van der Waals surface area (Å²) in [7, 11) is 0. The molecule has 0 atom stereocenters. The van der Waals surface area contributed by atoms with E-state index in [1.807, 2.05) is 0 Å².